The van der Waals surface area contributed by atoms with E-state index in [9.17, 15) is 18.0 Å². The van der Waals surface area contributed by atoms with Crippen molar-refractivity contribution in [2.24, 2.45) is 23.2 Å². The van der Waals surface area contributed by atoms with Crippen molar-refractivity contribution >= 4 is 5.91 Å². The fraction of sp³-hybridized carbons (Fsp3) is 0.769. The molecule has 3 heterocycles. The fourth-order valence-electron chi connectivity index (χ4n) is 6.16. The van der Waals surface area contributed by atoms with Crippen molar-refractivity contribution in [1.82, 2.24) is 15.2 Å². The van der Waals surface area contributed by atoms with Gasteiger partial charge in [0.25, 0.3) is 0 Å². The highest BCUT2D eigenvalue weighted by Crippen LogP contribution is 2.46. The van der Waals surface area contributed by atoms with Crippen molar-refractivity contribution < 1.29 is 22.7 Å². The molecule has 8 heteroatoms. The molecule has 1 amide bonds. The van der Waals surface area contributed by atoms with Crippen LogP contribution in [-0.4, -0.2) is 48.1 Å². The number of amides is 1. The van der Waals surface area contributed by atoms with Gasteiger partial charge in [-0.05, 0) is 61.6 Å². The minimum absolute atomic E-state index is 0.0902. The molecule has 0 bridgehead atoms. The molecule has 34 heavy (non-hydrogen) atoms. The van der Waals surface area contributed by atoms with Gasteiger partial charge in [-0.1, -0.05) is 27.2 Å². The lowest BCUT2D eigenvalue weighted by atomic mass is 9.74. The predicted molar refractivity (Wildman–Crippen MR) is 124 cm³/mol. The number of nitrogens with one attached hydrogen (secondary N) is 1. The Kier molecular flexibility index (Phi) is 7.58. The van der Waals surface area contributed by atoms with Gasteiger partial charge >= 0.3 is 6.18 Å². The highest BCUT2D eigenvalue weighted by Gasteiger charge is 2.49. The number of hydrogen-bond acceptors (Lipinski definition) is 4. The van der Waals surface area contributed by atoms with E-state index in [0.717, 1.165) is 58.1 Å². The van der Waals surface area contributed by atoms with Crippen LogP contribution in [0.1, 0.15) is 69.7 Å². The van der Waals surface area contributed by atoms with Crippen LogP contribution in [0.3, 0.4) is 0 Å². The molecule has 5 nitrogen and oxygen atoms in total. The molecular formula is C26H38F3N3O2. The summed E-state index contributed by atoms with van der Waals surface area (Å²) in [7, 11) is 0. The molecule has 0 radical (unpaired) electrons. The maximum Gasteiger partial charge on any atom is 0.417 e. The van der Waals surface area contributed by atoms with Gasteiger partial charge in [-0.15, -0.1) is 0 Å². The molecular weight excluding hydrogens is 443 g/mol. The Bertz CT molecular complexity index is 875. The van der Waals surface area contributed by atoms with Crippen molar-refractivity contribution in [2.45, 2.75) is 78.1 Å². The first-order valence-electron chi connectivity index (χ1n) is 12.8. The SMILES string of the molecule is CC[C@@H]1COCC[C@@H]1CN[C@@H]1CC[C@@](C(=O)N2CCc3ncc(C(F)(F)F)cc3C2)(C(C)C)C1. The molecule has 1 aromatic heterocycles. The van der Waals surface area contributed by atoms with Gasteiger partial charge in [-0.25, -0.2) is 0 Å². The molecule has 1 aliphatic carbocycles. The fourth-order valence-corrected chi connectivity index (χ4v) is 6.16. The van der Waals surface area contributed by atoms with Gasteiger partial charge in [-0.3, -0.25) is 9.78 Å². The summed E-state index contributed by atoms with van der Waals surface area (Å²) in [6.45, 7) is 9.76. The normalized spacial score (nSPS) is 30.0. The summed E-state index contributed by atoms with van der Waals surface area (Å²) in [6, 6.07) is 1.46. The Balaban J connectivity index is 1.43. The molecule has 1 saturated carbocycles. The molecule has 0 unspecified atom stereocenters. The van der Waals surface area contributed by atoms with E-state index in [1.54, 1.807) is 4.90 Å². The maximum absolute atomic E-state index is 13.8. The van der Waals surface area contributed by atoms with Crippen molar-refractivity contribution in [2.75, 3.05) is 26.3 Å². The Morgan fingerprint density at radius 2 is 2.12 bits per heavy atom. The van der Waals surface area contributed by atoms with Crippen LogP contribution in [0.5, 0.6) is 0 Å². The molecule has 0 aromatic carbocycles. The van der Waals surface area contributed by atoms with Crippen LogP contribution in [0.4, 0.5) is 13.2 Å². The van der Waals surface area contributed by atoms with Crippen LogP contribution < -0.4 is 5.32 Å². The average molecular weight is 482 g/mol. The number of aromatic nitrogens is 1. The molecule has 4 rings (SSSR count). The van der Waals surface area contributed by atoms with E-state index in [-0.39, 0.29) is 18.4 Å². The van der Waals surface area contributed by atoms with Crippen molar-refractivity contribution in [3.63, 3.8) is 0 Å². The topological polar surface area (TPSA) is 54.5 Å². The summed E-state index contributed by atoms with van der Waals surface area (Å²) < 4.78 is 45.2. The smallest absolute Gasteiger partial charge is 0.381 e. The molecule has 1 aromatic rings. The summed E-state index contributed by atoms with van der Waals surface area (Å²) in [5, 5.41) is 3.76. The van der Waals surface area contributed by atoms with Gasteiger partial charge in [0.05, 0.1) is 11.0 Å². The van der Waals surface area contributed by atoms with E-state index in [4.69, 9.17) is 4.74 Å². The van der Waals surface area contributed by atoms with Crippen molar-refractivity contribution in [1.29, 1.82) is 0 Å². The molecule has 2 fully saturated rings. The van der Waals surface area contributed by atoms with E-state index in [2.05, 4.69) is 31.1 Å². The van der Waals surface area contributed by atoms with Crippen LogP contribution in [-0.2, 0) is 28.7 Å². The van der Waals surface area contributed by atoms with Crippen molar-refractivity contribution in [3.05, 3.63) is 29.1 Å². The van der Waals surface area contributed by atoms with Crippen molar-refractivity contribution in [3.8, 4) is 0 Å². The number of alkyl halides is 3. The summed E-state index contributed by atoms with van der Waals surface area (Å²) >= 11 is 0. The molecule has 4 atom stereocenters. The van der Waals surface area contributed by atoms with Gasteiger partial charge < -0.3 is 15.0 Å². The van der Waals surface area contributed by atoms with Crippen LogP contribution >= 0.6 is 0 Å². The second-order valence-corrected chi connectivity index (χ2v) is 10.8. The van der Waals surface area contributed by atoms with Gasteiger partial charge in [0.15, 0.2) is 0 Å². The van der Waals surface area contributed by atoms with Gasteiger partial charge in [0.2, 0.25) is 5.91 Å². The molecule has 0 spiro atoms. The zero-order chi connectivity index (χ0) is 24.5. The molecule has 3 aliphatic rings. The second kappa shape index (κ2) is 10.1. The first-order chi connectivity index (χ1) is 16.1. The zero-order valence-electron chi connectivity index (χ0n) is 20.6. The first kappa shape index (κ1) is 25.4. The first-order valence-corrected chi connectivity index (χ1v) is 12.8. The highest BCUT2D eigenvalue weighted by atomic mass is 19.4. The Hall–Kier alpha value is -1.67. The Morgan fingerprint density at radius 3 is 2.82 bits per heavy atom. The van der Waals surface area contributed by atoms with E-state index in [1.165, 1.54) is 6.07 Å². The standard InChI is InChI=1S/C26H38F3N3O2/c1-4-18-16-34-10-7-19(18)13-30-22-5-8-25(12-22,17(2)3)24(33)32-9-6-23-20(15-32)11-21(14-31-23)26(27,28)29/h11,14,17-19,22,30H,4-10,12-13,15-16H2,1-3H3/t18-,19-,22-,25+/m1/s1. The predicted octanol–water partition coefficient (Wildman–Crippen LogP) is 4.83. The van der Waals surface area contributed by atoms with Gasteiger partial charge in [-0.2, -0.15) is 13.2 Å². The number of fused-ring (bicyclic) bond motifs is 1. The summed E-state index contributed by atoms with van der Waals surface area (Å²) in [5.74, 6) is 1.45. The quantitative estimate of drug-likeness (QED) is 0.632. The Morgan fingerprint density at radius 1 is 1.32 bits per heavy atom. The van der Waals surface area contributed by atoms with E-state index in [0.29, 0.717) is 42.1 Å². The molecule has 1 saturated heterocycles. The van der Waals surface area contributed by atoms with Gasteiger partial charge in [0, 0.05) is 50.7 Å². The lowest BCUT2D eigenvalue weighted by molar-refractivity contribution is -0.145. The largest absolute Gasteiger partial charge is 0.417 e. The lowest BCUT2D eigenvalue weighted by Crippen LogP contribution is -2.48. The number of carbonyl (C=O) groups is 1. The number of carbonyl (C=O) groups excluding carboxylic acids is 1. The molecule has 190 valence electrons. The third-order valence-electron chi connectivity index (χ3n) is 8.56. The summed E-state index contributed by atoms with van der Waals surface area (Å²) in [5.41, 5.74) is -0.0261. The Labute approximate surface area is 200 Å². The number of nitrogens with zero attached hydrogens (tertiary/aromatic N) is 2. The third-order valence-corrected chi connectivity index (χ3v) is 8.56. The van der Waals surface area contributed by atoms with E-state index >= 15 is 0 Å². The zero-order valence-corrected chi connectivity index (χ0v) is 20.6. The van der Waals surface area contributed by atoms with Gasteiger partial charge in [0.1, 0.15) is 0 Å². The molecule has 2 aliphatic heterocycles. The monoisotopic (exact) mass is 481 g/mol. The van der Waals surface area contributed by atoms with E-state index in [1.807, 2.05) is 0 Å². The average Bonchev–Trinajstić information content (AvgIpc) is 3.27. The van der Waals surface area contributed by atoms with Crippen LogP contribution in [0.15, 0.2) is 12.3 Å². The lowest BCUT2D eigenvalue weighted by Gasteiger charge is -2.39. The number of halogens is 3. The maximum atomic E-state index is 13.8. The van der Waals surface area contributed by atoms with Crippen LogP contribution in [0.25, 0.3) is 0 Å². The number of hydrogen-bond donors (Lipinski definition) is 1. The minimum Gasteiger partial charge on any atom is -0.381 e. The van der Waals surface area contributed by atoms with Crippen LogP contribution in [0, 0.1) is 23.2 Å². The number of ether oxygens (including phenoxy) is 1. The third kappa shape index (κ3) is 5.13. The highest BCUT2D eigenvalue weighted by molar-refractivity contribution is 5.83. The van der Waals surface area contributed by atoms with E-state index < -0.39 is 17.2 Å². The number of pyridine rings is 1. The summed E-state index contributed by atoms with van der Waals surface area (Å²) in [6.07, 6.45) is 1.72. The minimum atomic E-state index is -4.43. The molecule has 1 N–H and O–H groups in total. The number of rotatable bonds is 6. The summed E-state index contributed by atoms with van der Waals surface area (Å²) in [4.78, 5) is 19.7. The van der Waals surface area contributed by atoms with Crippen LogP contribution in [0.2, 0.25) is 0 Å². The second-order valence-electron chi connectivity index (χ2n) is 10.8.